The smallest absolute Gasteiger partial charge is 0.286 e. The van der Waals surface area contributed by atoms with Crippen molar-refractivity contribution in [1.29, 1.82) is 0 Å². The first-order valence-corrected chi connectivity index (χ1v) is 12.0. The highest BCUT2D eigenvalue weighted by molar-refractivity contribution is 7.84. The van der Waals surface area contributed by atoms with Gasteiger partial charge in [0.25, 0.3) is 5.91 Å². The zero-order valence-electron chi connectivity index (χ0n) is 18.4. The van der Waals surface area contributed by atoms with Gasteiger partial charge in [-0.25, -0.2) is 4.39 Å². The van der Waals surface area contributed by atoms with Gasteiger partial charge >= 0.3 is 0 Å². The van der Waals surface area contributed by atoms with Gasteiger partial charge in [0.1, 0.15) is 11.6 Å². The fraction of sp³-hybridized carbons (Fsp3) is 0.320. The lowest BCUT2D eigenvalue weighted by atomic mass is 10.2. The summed E-state index contributed by atoms with van der Waals surface area (Å²) < 4.78 is 31.0. The Kier molecular flexibility index (Phi) is 8.76. The van der Waals surface area contributed by atoms with Crippen LogP contribution in [-0.4, -0.2) is 34.1 Å². The number of carbonyl (C=O) groups is 1. The van der Waals surface area contributed by atoms with Gasteiger partial charge in [-0.2, -0.15) is 0 Å². The summed E-state index contributed by atoms with van der Waals surface area (Å²) in [6, 6.07) is 19.5. The van der Waals surface area contributed by atoms with Crippen LogP contribution in [-0.2, 0) is 23.1 Å². The number of nitrogens with one attached hydrogen (secondary N) is 1. The Morgan fingerprint density at radius 3 is 2.47 bits per heavy atom. The van der Waals surface area contributed by atoms with E-state index in [9.17, 15) is 13.4 Å². The molecule has 0 unspecified atom stereocenters. The van der Waals surface area contributed by atoms with Crippen LogP contribution in [0, 0.1) is 5.82 Å². The SMILES string of the molecule is CC(C)N(CCCNC(=O)c1ccc(C[S@](=O)c2ccc(F)cc2)o1)Cc1ccccc1. The van der Waals surface area contributed by atoms with Crippen molar-refractivity contribution in [2.24, 2.45) is 0 Å². The number of furan rings is 1. The second kappa shape index (κ2) is 11.7. The van der Waals surface area contributed by atoms with Gasteiger partial charge < -0.3 is 9.73 Å². The first kappa shape index (κ1) is 23.9. The molecule has 1 N–H and O–H groups in total. The standard InChI is InChI=1S/C25H29FN2O3S/c1-19(2)28(17-20-7-4-3-5-8-20)16-6-15-27-25(29)24-14-11-22(31-24)18-32(30)23-12-9-21(26)10-13-23/h3-5,7-14,19H,6,15-18H2,1-2H3,(H,27,29)/t32-/m0/s1. The van der Waals surface area contributed by atoms with Crippen molar-refractivity contribution in [2.45, 2.75) is 43.5 Å². The number of amides is 1. The van der Waals surface area contributed by atoms with Crippen LogP contribution in [0.1, 0.15) is 42.1 Å². The Labute approximate surface area is 191 Å². The molecule has 7 heteroatoms. The average molecular weight is 457 g/mol. The van der Waals surface area contributed by atoms with Gasteiger partial charge in [0.05, 0.1) is 16.6 Å². The van der Waals surface area contributed by atoms with E-state index in [2.05, 4.69) is 36.2 Å². The Bertz CT molecular complexity index is 1020. The van der Waals surface area contributed by atoms with Crippen LogP contribution in [0.3, 0.4) is 0 Å². The molecule has 0 aliphatic heterocycles. The number of rotatable bonds is 11. The van der Waals surface area contributed by atoms with E-state index in [0.29, 0.717) is 23.2 Å². The molecule has 0 aliphatic carbocycles. The maximum Gasteiger partial charge on any atom is 0.286 e. The first-order valence-electron chi connectivity index (χ1n) is 10.7. The zero-order valence-corrected chi connectivity index (χ0v) is 19.2. The number of nitrogens with zero attached hydrogens (tertiary/aromatic N) is 1. The minimum Gasteiger partial charge on any atom is -0.455 e. The van der Waals surface area contributed by atoms with E-state index in [1.54, 1.807) is 12.1 Å². The van der Waals surface area contributed by atoms with Crippen molar-refractivity contribution in [3.63, 3.8) is 0 Å². The van der Waals surface area contributed by atoms with Crippen LogP contribution in [0.5, 0.6) is 0 Å². The maximum absolute atomic E-state index is 13.0. The van der Waals surface area contributed by atoms with Crippen molar-refractivity contribution in [3.05, 3.63) is 89.6 Å². The van der Waals surface area contributed by atoms with E-state index in [4.69, 9.17) is 4.42 Å². The summed E-state index contributed by atoms with van der Waals surface area (Å²) in [6.45, 7) is 6.62. The second-order valence-corrected chi connectivity index (χ2v) is 9.32. The number of halogens is 1. The van der Waals surface area contributed by atoms with Crippen molar-refractivity contribution in [1.82, 2.24) is 10.2 Å². The monoisotopic (exact) mass is 456 g/mol. The molecule has 5 nitrogen and oxygen atoms in total. The van der Waals surface area contributed by atoms with Gasteiger partial charge in [0.15, 0.2) is 5.76 Å². The third-order valence-corrected chi connectivity index (χ3v) is 6.45. The van der Waals surface area contributed by atoms with Crippen LogP contribution in [0.4, 0.5) is 4.39 Å². The topological polar surface area (TPSA) is 62.6 Å². The molecule has 32 heavy (non-hydrogen) atoms. The van der Waals surface area contributed by atoms with Crippen molar-refractivity contribution in [2.75, 3.05) is 13.1 Å². The molecule has 0 radical (unpaired) electrons. The molecule has 0 saturated carbocycles. The van der Waals surface area contributed by atoms with Gasteiger partial charge in [-0.1, -0.05) is 30.3 Å². The minimum atomic E-state index is -1.37. The van der Waals surface area contributed by atoms with Crippen molar-refractivity contribution >= 4 is 16.7 Å². The Morgan fingerprint density at radius 1 is 1.06 bits per heavy atom. The summed E-state index contributed by atoms with van der Waals surface area (Å²) >= 11 is 0. The van der Waals surface area contributed by atoms with Gasteiger partial charge in [0.2, 0.25) is 0 Å². The van der Waals surface area contributed by atoms with Crippen LogP contribution in [0.25, 0.3) is 0 Å². The van der Waals surface area contributed by atoms with E-state index >= 15 is 0 Å². The predicted molar refractivity (Wildman–Crippen MR) is 124 cm³/mol. The second-order valence-electron chi connectivity index (χ2n) is 7.87. The maximum atomic E-state index is 13.0. The highest BCUT2D eigenvalue weighted by Gasteiger charge is 2.14. The van der Waals surface area contributed by atoms with E-state index in [-0.39, 0.29) is 23.2 Å². The minimum absolute atomic E-state index is 0.127. The van der Waals surface area contributed by atoms with E-state index in [1.165, 1.54) is 29.8 Å². The molecule has 1 heterocycles. The summed E-state index contributed by atoms with van der Waals surface area (Å²) in [6.07, 6.45) is 0.818. The molecule has 1 aromatic heterocycles. The van der Waals surface area contributed by atoms with Gasteiger partial charge in [0, 0.05) is 30.6 Å². The molecule has 0 bridgehead atoms. The fourth-order valence-electron chi connectivity index (χ4n) is 3.29. The molecule has 0 saturated heterocycles. The molecule has 3 rings (SSSR count). The molecule has 170 valence electrons. The third-order valence-electron chi connectivity index (χ3n) is 5.10. The predicted octanol–water partition coefficient (Wildman–Crippen LogP) is 4.76. The molecule has 0 aliphatic rings. The number of hydrogen-bond acceptors (Lipinski definition) is 4. The lowest BCUT2D eigenvalue weighted by Crippen LogP contribution is -2.34. The Hall–Kier alpha value is -2.77. The van der Waals surface area contributed by atoms with Crippen LogP contribution in [0.15, 0.2) is 76.0 Å². The average Bonchev–Trinajstić information content (AvgIpc) is 3.25. The molecule has 0 spiro atoms. The van der Waals surface area contributed by atoms with E-state index in [0.717, 1.165) is 19.5 Å². The van der Waals surface area contributed by atoms with Crippen LogP contribution >= 0.6 is 0 Å². The summed E-state index contributed by atoms with van der Waals surface area (Å²) in [7, 11) is -1.37. The number of hydrogen-bond donors (Lipinski definition) is 1. The zero-order chi connectivity index (χ0) is 22.9. The summed E-state index contributed by atoms with van der Waals surface area (Å²) in [4.78, 5) is 15.3. The van der Waals surface area contributed by atoms with E-state index in [1.807, 2.05) is 18.2 Å². The van der Waals surface area contributed by atoms with Gasteiger partial charge in [-0.15, -0.1) is 0 Å². The first-order chi connectivity index (χ1) is 15.4. The molecule has 1 amide bonds. The largest absolute Gasteiger partial charge is 0.455 e. The van der Waals surface area contributed by atoms with E-state index < -0.39 is 10.8 Å². The molecule has 0 fully saturated rings. The number of benzene rings is 2. The van der Waals surface area contributed by atoms with Gasteiger partial charge in [-0.05, 0) is 62.2 Å². The van der Waals surface area contributed by atoms with Crippen molar-refractivity contribution in [3.8, 4) is 0 Å². The Balaban J connectivity index is 1.44. The highest BCUT2D eigenvalue weighted by atomic mass is 32.2. The van der Waals surface area contributed by atoms with Crippen LogP contribution < -0.4 is 5.32 Å². The van der Waals surface area contributed by atoms with Crippen LogP contribution in [0.2, 0.25) is 0 Å². The lowest BCUT2D eigenvalue weighted by molar-refractivity contribution is 0.0921. The summed E-state index contributed by atoms with van der Waals surface area (Å²) in [5, 5.41) is 2.88. The fourth-order valence-corrected chi connectivity index (χ4v) is 4.31. The van der Waals surface area contributed by atoms with Crippen molar-refractivity contribution < 1.29 is 17.8 Å². The Morgan fingerprint density at radius 2 is 1.78 bits per heavy atom. The van der Waals surface area contributed by atoms with Gasteiger partial charge in [-0.3, -0.25) is 13.9 Å². The molecule has 1 atom stereocenters. The molecular formula is C25H29FN2O3S. The molecule has 2 aromatic carbocycles. The molecule has 3 aromatic rings. The number of carbonyl (C=O) groups excluding carboxylic acids is 1. The third kappa shape index (κ3) is 7.14. The summed E-state index contributed by atoms with van der Waals surface area (Å²) in [5.74, 6) is 0.108. The molecular weight excluding hydrogens is 427 g/mol. The quantitative estimate of drug-likeness (QED) is 0.423. The summed E-state index contributed by atoms with van der Waals surface area (Å²) in [5.41, 5.74) is 1.27. The highest BCUT2D eigenvalue weighted by Crippen LogP contribution is 2.16. The lowest BCUT2D eigenvalue weighted by Gasteiger charge is -2.26. The normalized spacial score (nSPS) is 12.3.